The van der Waals surface area contributed by atoms with Crippen molar-refractivity contribution in [3.63, 3.8) is 0 Å². The summed E-state index contributed by atoms with van der Waals surface area (Å²) in [6.07, 6.45) is -1.53. The Morgan fingerprint density at radius 2 is 1.76 bits per heavy atom. The minimum absolute atomic E-state index is 0.197. The lowest BCUT2D eigenvalue weighted by molar-refractivity contribution is -0.334. The molecule has 134 valence electrons. The van der Waals surface area contributed by atoms with Crippen molar-refractivity contribution in [3.05, 3.63) is 58.3 Å². The molecule has 2 fully saturated rings. The average Bonchev–Trinajstić information content (AvgIpc) is 3.21. The minimum atomic E-state index is -0.381. The zero-order valence-corrected chi connectivity index (χ0v) is 15.1. The zero-order chi connectivity index (χ0) is 17.2. The van der Waals surface area contributed by atoms with E-state index in [1.807, 2.05) is 47.8 Å². The second kappa shape index (κ2) is 7.53. The summed E-state index contributed by atoms with van der Waals surface area (Å²) in [7, 11) is 3.38. The van der Waals surface area contributed by atoms with Crippen LogP contribution in [0.2, 0.25) is 0 Å². The third kappa shape index (κ3) is 3.26. The van der Waals surface area contributed by atoms with Gasteiger partial charge in [-0.15, -0.1) is 11.3 Å². The van der Waals surface area contributed by atoms with E-state index in [0.717, 1.165) is 10.4 Å². The second-order valence-electron chi connectivity index (χ2n) is 6.19. The Hall–Kier alpha value is -1.28. The number of ether oxygens (including phenoxy) is 5. The average molecular weight is 362 g/mol. The molecule has 0 unspecified atom stereocenters. The monoisotopic (exact) mass is 362 g/mol. The molecule has 0 saturated carbocycles. The molecular weight excluding hydrogens is 340 g/mol. The summed E-state index contributed by atoms with van der Waals surface area (Å²) in [5.41, 5.74) is 1.07. The summed E-state index contributed by atoms with van der Waals surface area (Å²) in [4.78, 5) is 1.05. The smallest absolute Gasteiger partial charge is 0.193 e. The maximum absolute atomic E-state index is 6.33. The van der Waals surface area contributed by atoms with Gasteiger partial charge in [-0.25, -0.2) is 0 Å². The van der Waals surface area contributed by atoms with E-state index in [1.165, 1.54) is 0 Å². The maximum Gasteiger partial charge on any atom is 0.193 e. The van der Waals surface area contributed by atoms with Crippen molar-refractivity contribution in [2.75, 3.05) is 20.8 Å². The third-order valence-corrected chi connectivity index (χ3v) is 5.67. The maximum atomic E-state index is 6.33. The van der Waals surface area contributed by atoms with Crippen LogP contribution in [0.3, 0.4) is 0 Å². The molecule has 2 aliphatic heterocycles. The van der Waals surface area contributed by atoms with Gasteiger partial charge in [0.25, 0.3) is 0 Å². The van der Waals surface area contributed by atoms with Crippen LogP contribution in [-0.4, -0.2) is 45.2 Å². The molecule has 3 heterocycles. The number of fused-ring (bicyclic) bond motifs is 1. The first-order chi connectivity index (χ1) is 12.3. The molecule has 5 nitrogen and oxygen atoms in total. The van der Waals surface area contributed by atoms with E-state index in [0.29, 0.717) is 6.61 Å². The lowest BCUT2D eigenvalue weighted by atomic mass is 9.90. The molecule has 2 saturated heterocycles. The van der Waals surface area contributed by atoms with Crippen LogP contribution < -0.4 is 0 Å². The summed E-state index contributed by atoms with van der Waals surface area (Å²) in [6, 6.07) is 14.1. The number of methoxy groups -OCH3 is 2. The lowest BCUT2D eigenvalue weighted by Gasteiger charge is -2.48. The van der Waals surface area contributed by atoms with Crippen LogP contribution in [0.15, 0.2) is 47.8 Å². The first-order valence-electron chi connectivity index (χ1n) is 8.38. The van der Waals surface area contributed by atoms with Gasteiger partial charge >= 0.3 is 0 Å². The second-order valence-corrected chi connectivity index (χ2v) is 7.17. The van der Waals surface area contributed by atoms with Crippen LogP contribution in [0.1, 0.15) is 22.8 Å². The van der Waals surface area contributed by atoms with E-state index >= 15 is 0 Å². The molecule has 0 bridgehead atoms. The van der Waals surface area contributed by atoms with Gasteiger partial charge in [0, 0.05) is 14.2 Å². The van der Waals surface area contributed by atoms with Gasteiger partial charge in [0.05, 0.1) is 11.5 Å². The lowest BCUT2D eigenvalue weighted by Crippen LogP contribution is -2.60. The van der Waals surface area contributed by atoms with Crippen LogP contribution in [0.4, 0.5) is 0 Å². The van der Waals surface area contributed by atoms with E-state index < -0.39 is 0 Å². The van der Waals surface area contributed by atoms with Crippen molar-refractivity contribution in [2.24, 2.45) is 0 Å². The SMILES string of the molecule is CO[C@@H]1[C@@H](OC)[C@H](c2ccccc2)O[C@@H]2CO[C@@H](c3cccs3)O[C@@H]12. The zero-order valence-electron chi connectivity index (χ0n) is 14.2. The van der Waals surface area contributed by atoms with E-state index in [9.17, 15) is 0 Å². The number of rotatable bonds is 4. The number of benzene rings is 1. The van der Waals surface area contributed by atoms with Gasteiger partial charge in [-0.3, -0.25) is 0 Å². The molecule has 2 aromatic rings. The van der Waals surface area contributed by atoms with Crippen molar-refractivity contribution in [2.45, 2.75) is 36.8 Å². The van der Waals surface area contributed by atoms with Crippen molar-refractivity contribution >= 4 is 11.3 Å². The van der Waals surface area contributed by atoms with Crippen LogP contribution in [-0.2, 0) is 23.7 Å². The quantitative estimate of drug-likeness (QED) is 0.835. The van der Waals surface area contributed by atoms with Gasteiger partial charge < -0.3 is 23.7 Å². The molecule has 6 atom stereocenters. The fraction of sp³-hybridized carbons (Fsp3) is 0.474. The van der Waals surface area contributed by atoms with Crippen molar-refractivity contribution in [3.8, 4) is 0 Å². The van der Waals surface area contributed by atoms with Crippen LogP contribution >= 0.6 is 11.3 Å². The first kappa shape index (κ1) is 17.1. The van der Waals surface area contributed by atoms with Gasteiger partial charge in [0.1, 0.15) is 30.5 Å². The van der Waals surface area contributed by atoms with Gasteiger partial charge in [0.15, 0.2) is 6.29 Å². The molecule has 6 heteroatoms. The Morgan fingerprint density at radius 3 is 2.44 bits per heavy atom. The van der Waals surface area contributed by atoms with E-state index in [4.69, 9.17) is 23.7 Å². The number of thiophene rings is 1. The Bertz CT molecular complexity index is 662. The molecule has 4 rings (SSSR count). The van der Waals surface area contributed by atoms with Crippen molar-refractivity contribution < 1.29 is 23.7 Å². The molecular formula is C19H22O5S. The predicted molar refractivity (Wildman–Crippen MR) is 93.5 cm³/mol. The molecule has 1 aromatic carbocycles. The third-order valence-electron chi connectivity index (χ3n) is 4.77. The molecule has 0 amide bonds. The first-order valence-corrected chi connectivity index (χ1v) is 9.26. The molecule has 0 spiro atoms. The van der Waals surface area contributed by atoms with Crippen molar-refractivity contribution in [1.82, 2.24) is 0 Å². The molecule has 2 aliphatic rings. The minimum Gasteiger partial charge on any atom is -0.376 e. The fourth-order valence-corrected chi connectivity index (χ4v) is 4.30. The largest absolute Gasteiger partial charge is 0.376 e. The van der Waals surface area contributed by atoms with Gasteiger partial charge in [0.2, 0.25) is 0 Å². The summed E-state index contributed by atoms with van der Waals surface area (Å²) >= 11 is 1.62. The Kier molecular flexibility index (Phi) is 5.17. The Labute approximate surface area is 151 Å². The number of hydrogen-bond donors (Lipinski definition) is 0. The molecule has 0 radical (unpaired) electrons. The summed E-state index contributed by atoms with van der Waals surface area (Å²) in [5, 5.41) is 2.02. The normalized spacial score (nSPS) is 35.3. The summed E-state index contributed by atoms with van der Waals surface area (Å²) in [6.45, 7) is 0.465. The van der Waals surface area contributed by atoms with Gasteiger partial charge in [-0.2, -0.15) is 0 Å². The van der Waals surface area contributed by atoms with E-state index in [2.05, 4.69) is 0 Å². The van der Waals surface area contributed by atoms with Crippen LogP contribution in [0.5, 0.6) is 0 Å². The van der Waals surface area contributed by atoms with Crippen LogP contribution in [0, 0.1) is 0 Å². The molecule has 0 N–H and O–H groups in total. The van der Waals surface area contributed by atoms with Crippen molar-refractivity contribution in [1.29, 1.82) is 0 Å². The highest BCUT2D eigenvalue weighted by Gasteiger charge is 2.50. The topological polar surface area (TPSA) is 46.2 Å². The van der Waals surface area contributed by atoms with Gasteiger partial charge in [-0.1, -0.05) is 36.4 Å². The highest BCUT2D eigenvalue weighted by molar-refractivity contribution is 7.10. The van der Waals surface area contributed by atoms with E-state index in [-0.39, 0.29) is 36.8 Å². The highest BCUT2D eigenvalue weighted by atomic mass is 32.1. The molecule has 25 heavy (non-hydrogen) atoms. The summed E-state index contributed by atoms with van der Waals surface area (Å²) < 4.78 is 30.0. The predicted octanol–water partition coefficient (Wildman–Crippen LogP) is 3.33. The molecule has 0 aliphatic carbocycles. The molecule has 1 aromatic heterocycles. The number of hydrogen-bond acceptors (Lipinski definition) is 6. The Morgan fingerprint density at radius 1 is 0.960 bits per heavy atom. The van der Waals surface area contributed by atoms with E-state index in [1.54, 1.807) is 25.6 Å². The van der Waals surface area contributed by atoms with Crippen LogP contribution in [0.25, 0.3) is 0 Å². The standard InChI is InChI=1S/C19H22O5S/c1-20-17-15(12-7-4-3-5-8-12)23-13-11-22-19(14-9-6-10-25-14)24-16(13)18(17)21-2/h3-10,13,15-19H,11H2,1-2H3/t13-,15+,16-,17+,18+,19-/m1/s1. The van der Waals surface area contributed by atoms with Gasteiger partial charge in [-0.05, 0) is 17.0 Å². The fourth-order valence-electron chi connectivity index (χ4n) is 3.59. The highest BCUT2D eigenvalue weighted by Crippen LogP contribution is 2.41. The summed E-state index contributed by atoms with van der Waals surface area (Å²) in [5.74, 6) is 0. The Balaban J connectivity index is 1.59.